The van der Waals surface area contributed by atoms with Gasteiger partial charge in [-0.25, -0.2) is 0 Å². The van der Waals surface area contributed by atoms with Gasteiger partial charge in [0.1, 0.15) is 0 Å². The quantitative estimate of drug-likeness (QED) is 0.757. The van der Waals surface area contributed by atoms with E-state index in [1.807, 2.05) is 11.9 Å². The number of nitrogens with two attached hydrogens (primary N) is 1. The maximum Gasteiger partial charge on any atom is 0.255 e. The molecule has 7 nitrogen and oxygen atoms in total. The minimum Gasteiger partial charge on any atom is -0.493 e. The van der Waals surface area contributed by atoms with E-state index in [1.54, 1.807) is 18.2 Å². The lowest BCUT2D eigenvalue weighted by molar-refractivity contribution is -0.119. The standard InChI is InChI=1S/C16H23N3O4/c1-18-9-12-4-3-7-19(12)16(21)11-5-6-13(14(8-11)22-2)23-10-15(17)20/h5-6,8,12,18H,3-4,7,9-10H2,1-2H3,(H2,17,20)/t12-/m1/s1. The van der Waals surface area contributed by atoms with Crippen LogP contribution in [0.5, 0.6) is 11.5 Å². The van der Waals surface area contributed by atoms with E-state index in [0.29, 0.717) is 17.1 Å². The first-order valence-corrected chi connectivity index (χ1v) is 7.61. The van der Waals surface area contributed by atoms with Crippen molar-refractivity contribution in [3.8, 4) is 11.5 Å². The van der Waals surface area contributed by atoms with Crippen LogP contribution in [0.4, 0.5) is 0 Å². The summed E-state index contributed by atoms with van der Waals surface area (Å²) < 4.78 is 10.5. The highest BCUT2D eigenvalue weighted by molar-refractivity contribution is 5.95. The minimum absolute atomic E-state index is 0.0255. The van der Waals surface area contributed by atoms with Gasteiger partial charge in [-0.15, -0.1) is 0 Å². The Balaban J connectivity index is 2.16. The number of likely N-dealkylation sites (tertiary alicyclic amines) is 1. The van der Waals surface area contributed by atoms with Gasteiger partial charge in [-0.05, 0) is 38.1 Å². The second kappa shape index (κ2) is 7.82. The third-order valence-electron chi connectivity index (χ3n) is 3.86. The number of nitrogens with zero attached hydrogens (tertiary/aromatic N) is 1. The molecule has 23 heavy (non-hydrogen) atoms. The Labute approximate surface area is 135 Å². The highest BCUT2D eigenvalue weighted by Crippen LogP contribution is 2.29. The second-order valence-electron chi connectivity index (χ2n) is 5.47. The van der Waals surface area contributed by atoms with Crippen LogP contribution >= 0.6 is 0 Å². The third-order valence-corrected chi connectivity index (χ3v) is 3.86. The van der Waals surface area contributed by atoms with Crippen LogP contribution in [0.3, 0.4) is 0 Å². The molecule has 1 aromatic rings. The molecule has 1 saturated heterocycles. The van der Waals surface area contributed by atoms with E-state index in [1.165, 1.54) is 7.11 Å². The number of amides is 2. The first-order valence-electron chi connectivity index (χ1n) is 7.61. The van der Waals surface area contributed by atoms with Crippen molar-refractivity contribution in [1.82, 2.24) is 10.2 Å². The Morgan fingerprint density at radius 1 is 1.39 bits per heavy atom. The summed E-state index contributed by atoms with van der Waals surface area (Å²) in [7, 11) is 3.37. The van der Waals surface area contributed by atoms with Crippen LogP contribution in [0.25, 0.3) is 0 Å². The lowest BCUT2D eigenvalue weighted by atomic mass is 10.1. The van der Waals surface area contributed by atoms with Gasteiger partial charge in [0, 0.05) is 24.7 Å². The molecule has 1 heterocycles. The van der Waals surface area contributed by atoms with Crippen LogP contribution in [0, 0.1) is 0 Å². The number of methoxy groups -OCH3 is 1. The maximum atomic E-state index is 12.7. The molecule has 1 atom stereocenters. The zero-order valence-electron chi connectivity index (χ0n) is 13.5. The van der Waals surface area contributed by atoms with Crippen molar-refractivity contribution in [2.24, 2.45) is 5.73 Å². The lowest BCUT2D eigenvalue weighted by Gasteiger charge is -2.25. The molecule has 1 aromatic carbocycles. The number of carbonyl (C=O) groups excluding carboxylic acids is 2. The predicted molar refractivity (Wildman–Crippen MR) is 85.7 cm³/mol. The van der Waals surface area contributed by atoms with E-state index in [0.717, 1.165) is 25.9 Å². The molecule has 126 valence electrons. The molecule has 1 aliphatic rings. The van der Waals surface area contributed by atoms with Gasteiger partial charge in [-0.3, -0.25) is 9.59 Å². The zero-order valence-corrected chi connectivity index (χ0v) is 13.5. The van der Waals surface area contributed by atoms with E-state index in [2.05, 4.69) is 5.32 Å². The van der Waals surface area contributed by atoms with Crippen LogP contribution in [0.1, 0.15) is 23.2 Å². The van der Waals surface area contributed by atoms with Crippen LogP contribution in [-0.2, 0) is 4.79 Å². The number of hydrogen-bond donors (Lipinski definition) is 2. The smallest absolute Gasteiger partial charge is 0.255 e. The molecule has 1 aliphatic heterocycles. The number of primary amides is 1. The number of benzene rings is 1. The number of nitrogens with one attached hydrogen (secondary N) is 1. The Kier molecular flexibility index (Phi) is 5.81. The Morgan fingerprint density at radius 3 is 2.83 bits per heavy atom. The van der Waals surface area contributed by atoms with Crippen LogP contribution in [0.15, 0.2) is 18.2 Å². The van der Waals surface area contributed by atoms with Crippen molar-refractivity contribution in [3.63, 3.8) is 0 Å². The first-order chi connectivity index (χ1) is 11.1. The van der Waals surface area contributed by atoms with Gasteiger partial charge in [0.2, 0.25) is 0 Å². The van der Waals surface area contributed by atoms with Crippen molar-refractivity contribution in [1.29, 1.82) is 0 Å². The molecule has 0 saturated carbocycles. The highest BCUT2D eigenvalue weighted by atomic mass is 16.5. The van der Waals surface area contributed by atoms with E-state index in [-0.39, 0.29) is 18.6 Å². The van der Waals surface area contributed by atoms with Crippen molar-refractivity contribution in [3.05, 3.63) is 23.8 Å². The van der Waals surface area contributed by atoms with Gasteiger partial charge in [0.15, 0.2) is 18.1 Å². The SMILES string of the molecule is CNC[C@H]1CCCN1C(=O)c1ccc(OCC(N)=O)c(OC)c1. The summed E-state index contributed by atoms with van der Waals surface area (Å²) in [5.74, 6) is 0.194. The molecule has 3 N–H and O–H groups in total. The summed E-state index contributed by atoms with van der Waals surface area (Å²) in [6.07, 6.45) is 2.01. The van der Waals surface area contributed by atoms with Crippen molar-refractivity contribution < 1.29 is 19.1 Å². The van der Waals surface area contributed by atoms with E-state index in [9.17, 15) is 9.59 Å². The number of ether oxygens (including phenoxy) is 2. The van der Waals surface area contributed by atoms with Crippen molar-refractivity contribution >= 4 is 11.8 Å². The topological polar surface area (TPSA) is 93.9 Å². The first kappa shape index (κ1) is 17.1. The summed E-state index contributed by atoms with van der Waals surface area (Å²) in [5, 5.41) is 3.12. The Hall–Kier alpha value is -2.28. The number of rotatable bonds is 7. The van der Waals surface area contributed by atoms with Gasteiger partial charge in [-0.1, -0.05) is 0 Å². The average molecular weight is 321 g/mol. The van der Waals surface area contributed by atoms with Gasteiger partial charge in [0.05, 0.1) is 7.11 Å². The van der Waals surface area contributed by atoms with E-state index in [4.69, 9.17) is 15.2 Å². The lowest BCUT2D eigenvalue weighted by Crippen LogP contribution is -2.40. The molecule has 0 radical (unpaired) electrons. The molecule has 0 bridgehead atoms. The molecule has 0 spiro atoms. The van der Waals surface area contributed by atoms with Crippen molar-refractivity contribution in [2.45, 2.75) is 18.9 Å². The molecular formula is C16H23N3O4. The molecule has 2 rings (SSSR count). The predicted octanol–water partition coefficient (Wildman–Crippen LogP) is 0.383. The van der Waals surface area contributed by atoms with Crippen LogP contribution in [-0.4, -0.2) is 56.6 Å². The Morgan fingerprint density at radius 2 is 2.17 bits per heavy atom. The average Bonchev–Trinajstić information content (AvgIpc) is 3.00. The number of likely N-dealkylation sites (N-methyl/N-ethyl adjacent to an activating group) is 1. The van der Waals surface area contributed by atoms with E-state index >= 15 is 0 Å². The number of hydrogen-bond acceptors (Lipinski definition) is 5. The fourth-order valence-corrected chi connectivity index (χ4v) is 2.79. The van der Waals surface area contributed by atoms with E-state index < -0.39 is 5.91 Å². The molecule has 0 aliphatic carbocycles. The van der Waals surface area contributed by atoms with Gasteiger partial charge in [-0.2, -0.15) is 0 Å². The van der Waals surface area contributed by atoms with Gasteiger partial charge >= 0.3 is 0 Å². The minimum atomic E-state index is -0.570. The maximum absolute atomic E-state index is 12.7. The summed E-state index contributed by atoms with van der Waals surface area (Å²) >= 11 is 0. The second-order valence-corrected chi connectivity index (χ2v) is 5.47. The summed E-state index contributed by atoms with van der Waals surface area (Å²) in [4.78, 5) is 25.4. The molecule has 1 fully saturated rings. The van der Waals surface area contributed by atoms with Crippen LogP contribution in [0.2, 0.25) is 0 Å². The number of carbonyl (C=O) groups is 2. The molecular weight excluding hydrogens is 298 g/mol. The fraction of sp³-hybridized carbons (Fsp3) is 0.500. The zero-order chi connectivity index (χ0) is 16.8. The molecule has 0 unspecified atom stereocenters. The normalized spacial score (nSPS) is 17.1. The summed E-state index contributed by atoms with van der Waals surface area (Å²) in [5.41, 5.74) is 5.60. The van der Waals surface area contributed by atoms with Crippen LogP contribution < -0.4 is 20.5 Å². The summed E-state index contributed by atoms with van der Waals surface area (Å²) in [6.45, 7) is 1.30. The molecule has 0 aromatic heterocycles. The Bertz CT molecular complexity index is 576. The molecule has 7 heteroatoms. The monoisotopic (exact) mass is 321 g/mol. The summed E-state index contributed by atoms with van der Waals surface area (Å²) in [6, 6.07) is 5.14. The van der Waals surface area contributed by atoms with Gasteiger partial charge in [0.25, 0.3) is 11.8 Å². The van der Waals surface area contributed by atoms with Gasteiger partial charge < -0.3 is 25.4 Å². The highest BCUT2D eigenvalue weighted by Gasteiger charge is 2.29. The molecule has 2 amide bonds. The fourth-order valence-electron chi connectivity index (χ4n) is 2.79. The third kappa shape index (κ3) is 4.13. The van der Waals surface area contributed by atoms with Crippen molar-refractivity contribution in [2.75, 3.05) is 33.9 Å². The largest absolute Gasteiger partial charge is 0.493 e.